The zero-order valence-corrected chi connectivity index (χ0v) is 11.4. The normalized spacial score (nSPS) is 11.3. The summed E-state index contributed by atoms with van der Waals surface area (Å²) in [5.41, 5.74) is 1.62. The lowest BCUT2D eigenvalue weighted by atomic mass is 10.1. The number of aromatic carboxylic acids is 1. The molecule has 0 spiro atoms. The Bertz CT molecular complexity index is 427. The number of ether oxygens (including phenoxy) is 1. The fraction of sp³-hybridized carbons (Fsp3) is 0.500. The predicted molar refractivity (Wildman–Crippen MR) is 72.3 cm³/mol. The van der Waals surface area contributed by atoms with E-state index < -0.39 is 5.97 Å². The predicted octanol–water partition coefficient (Wildman–Crippen LogP) is 2.92. The lowest BCUT2D eigenvalue weighted by Crippen LogP contribution is -2.33. The van der Waals surface area contributed by atoms with E-state index in [0.717, 1.165) is 5.56 Å². The van der Waals surface area contributed by atoms with Crippen molar-refractivity contribution in [3.63, 3.8) is 0 Å². The van der Waals surface area contributed by atoms with E-state index in [-0.39, 0.29) is 11.2 Å². The van der Waals surface area contributed by atoms with Gasteiger partial charge in [0, 0.05) is 18.8 Å². The van der Waals surface area contributed by atoms with Gasteiger partial charge < -0.3 is 15.2 Å². The second kappa shape index (κ2) is 5.87. The molecule has 0 aliphatic heterocycles. The summed E-state index contributed by atoms with van der Waals surface area (Å²) in [6.45, 7) is 9.01. The highest BCUT2D eigenvalue weighted by Gasteiger charge is 2.18. The first-order valence-electron chi connectivity index (χ1n) is 6.07. The Kier molecular flexibility index (Phi) is 4.73. The largest absolute Gasteiger partial charge is 0.478 e. The Hall–Kier alpha value is -1.55. The minimum atomic E-state index is -0.924. The Morgan fingerprint density at radius 1 is 1.44 bits per heavy atom. The van der Waals surface area contributed by atoms with Crippen LogP contribution in [0.15, 0.2) is 18.2 Å². The van der Waals surface area contributed by atoms with Crippen LogP contribution < -0.4 is 5.32 Å². The van der Waals surface area contributed by atoms with Crippen molar-refractivity contribution in [2.45, 2.75) is 33.3 Å². The fourth-order valence-electron chi connectivity index (χ4n) is 1.74. The molecule has 1 rings (SSSR count). The van der Waals surface area contributed by atoms with Gasteiger partial charge in [-0.3, -0.25) is 0 Å². The molecule has 0 amide bonds. The van der Waals surface area contributed by atoms with E-state index in [2.05, 4.69) is 5.32 Å². The number of benzene rings is 1. The van der Waals surface area contributed by atoms with Crippen molar-refractivity contribution in [3.05, 3.63) is 29.3 Å². The molecular weight excluding hydrogens is 230 g/mol. The van der Waals surface area contributed by atoms with Gasteiger partial charge in [-0.2, -0.15) is 0 Å². The number of hydrogen-bond acceptors (Lipinski definition) is 3. The summed E-state index contributed by atoms with van der Waals surface area (Å²) >= 11 is 0. The molecular formula is C14H21NO3. The van der Waals surface area contributed by atoms with Crippen molar-refractivity contribution in [1.29, 1.82) is 0 Å². The smallest absolute Gasteiger partial charge is 0.337 e. The summed E-state index contributed by atoms with van der Waals surface area (Å²) in [6, 6.07) is 5.25. The molecule has 0 bridgehead atoms. The molecule has 0 saturated carbocycles. The van der Waals surface area contributed by atoms with Crippen LogP contribution in [0.3, 0.4) is 0 Å². The van der Waals surface area contributed by atoms with Gasteiger partial charge in [0.05, 0.1) is 11.2 Å². The molecule has 2 N–H and O–H groups in total. The third kappa shape index (κ3) is 4.04. The van der Waals surface area contributed by atoms with Gasteiger partial charge in [-0.1, -0.05) is 6.07 Å². The molecule has 0 heterocycles. The molecule has 0 radical (unpaired) electrons. The first-order valence-corrected chi connectivity index (χ1v) is 6.07. The molecule has 4 heteroatoms. The lowest BCUT2D eigenvalue weighted by Gasteiger charge is -2.26. The van der Waals surface area contributed by atoms with Gasteiger partial charge in [-0.25, -0.2) is 4.79 Å². The van der Waals surface area contributed by atoms with Crippen LogP contribution in [0, 0.1) is 6.92 Å². The van der Waals surface area contributed by atoms with E-state index in [9.17, 15) is 4.79 Å². The van der Waals surface area contributed by atoms with Crippen molar-refractivity contribution < 1.29 is 14.6 Å². The molecule has 0 saturated heterocycles. The quantitative estimate of drug-likeness (QED) is 0.816. The summed E-state index contributed by atoms with van der Waals surface area (Å²) in [5.74, 6) is -0.924. The van der Waals surface area contributed by atoms with Crippen LogP contribution in [-0.4, -0.2) is 29.8 Å². The Labute approximate surface area is 108 Å². The van der Waals surface area contributed by atoms with E-state index in [0.29, 0.717) is 18.8 Å². The van der Waals surface area contributed by atoms with Crippen molar-refractivity contribution >= 4 is 11.7 Å². The number of nitrogens with one attached hydrogen (secondary N) is 1. The van der Waals surface area contributed by atoms with Crippen molar-refractivity contribution in [3.8, 4) is 0 Å². The summed E-state index contributed by atoms with van der Waals surface area (Å²) in [6.07, 6.45) is 0. The molecule has 0 unspecified atom stereocenters. The number of hydrogen-bond donors (Lipinski definition) is 2. The molecule has 0 aliphatic rings. The van der Waals surface area contributed by atoms with Gasteiger partial charge in [0.15, 0.2) is 0 Å². The number of carboxylic acids is 1. The van der Waals surface area contributed by atoms with Crippen LogP contribution in [0.5, 0.6) is 0 Å². The molecule has 0 aliphatic carbocycles. The van der Waals surface area contributed by atoms with E-state index in [4.69, 9.17) is 9.84 Å². The maximum absolute atomic E-state index is 11.1. The molecule has 4 nitrogen and oxygen atoms in total. The fourth-order valence-corrected chi connectivity index (χ4v) is 1.74. The summed E-state index contributed by atoms with van der Waals surface area (Å²) in [7, 11) is 0. The van der Waals surface area contributed by atoms with Gasteiger partial charge in [-0.05, 0) is 45.4 Å². The van der Waals surface area contributed by atoms with Gasteiger partial charge in [0.25, 0.3) is 0 Å². The van der Waals surface area contributed by atoms with Gasteiger partial charge in [0.2, 0.25) is 0 Å². The van der Waals surface area contributed by atoms with Gasteiger partial charge >= 0.3 is 5.97 Å². The molecule has 18 heavy (non-hydrogen) atoms. The zero-order valence-electron chi connectivity index (χ0n) is 11.4. The second-order valence-corrected chi connectivity index (χ2v) is 4.90. The molecule has 1 aromatic carbocycles. The van der Waals surface area contributed by atoms with Crippen LogP contribution in [-0.2, 0) is 4.74 Å². The van der Waals surface area contributed by atoms with Crippen LogP contribution >= 0.6 is 0 Å². The van der Waals surface area contributed by atoms with Crippen LogP contribution in [0.25, 0.3) is 0 Å². The van der Waals surface area contributed by atoms with Gasteiger partial charge in [-0.15, -0.1) is 0 Å². The van der Waals surface area contributed by atoms with E-state index >= 15 is 0 Å². The molecule has 0 atom stereocenters. The SMILES string of the molecule is CCOC(C)(C)CNc1cc(C)ccc1C(=O)O. The number of rotatable bonds is 6. The van der Waals surface area contributed by atoms with Crippen molar-refractivity contribution in [1.82, 2.24) is 0 Å². The topological polar surface area (TPSA) is 58.6 Å². The lowest BCUT2D eigenvalue weighted by molar-refractivity contribution is 0.000658. The van der Waals surface area contributed by atoms with Crippen molar-refractivity contribution in [2.24, 2.45) is 0 Å². The third-order valence-electron chi connectivity index (χ3n) is 2.65. The highest BCUT2D eigenvalue weighted by molar-refractivity contribution is 5.94. The highest BCUT2D eigenvalue weighted by atomic mass is 16.5. The number of anilines is 1. The van der Waals surface area contributed by atoms with E-state index in [1.165, 1.54) is 0 Å². The average molecular weight is 251 g/mol. The number of carbonyl (C=O) groups is 1. The first kappa shape index (κ1) is 14.5. The summed E-state index contributed by atoms with van der Waals surface area (Å²) in [5, 5.41) is 12.3. The highest BCUT2D eigenvalue weighted by Crippen LogP contribution is 2.19. The number of carboxylic acid groups (broad SMARTS) is 1. The summed E-state index contributed by atoms with van der Waals surface area (Å²) < 4.78 is 5.57. The zero-order chi connectivity index (χ0) is 13.8. The van der Waals surface area contributed by atoms with Crippen LogP contribution in [0.1, 0.15) is 36.7 Å². The first-order chi connectivity index (χ1) is 8.35. The van der Waals surface area contributed by atoms with E-state index in [1.807, 2.05) is 33.8 Å². The van der Waals surface area contributed by atoms with E-state index in [1.54, 1.807) is 12.1 Å². The Morgan fingerprint density at radius 3 is 2.67 bits per heavy atom. The minimum Gasteiger partial charge on any atom is -0.478 e. The molecule has 100 valence electrons. The maximum atomic E-state index is 11.1. The number of aryl methyl sites for hydroxylation is 1. The second-order valence-electron chi connectivity index (χ2n) is 4.90. The molecule has 0 fully saturated rings. The Balaban J connectivity index is 2.83. The summed E-state index contributed by atoms with van der Waals surface area (Å²) in [4.78, 5) is 11.1. The standard InChI is InChI=1S/C14H21NO3/c1-5-18-14(3,4)9-15-12-8-10(2)6-7-11(12)13(16)17/h6-8,15H,5,9H2,1-4H3,(H,16,17). The van der Waals surface area contributed by atoms with Crippen LogP contribution in [0.2, 0.25) is 0 Å². The Morgan fingerprint density at radius 2 is 2.11 bits per heavy atom. The molecule has 1 aromatic rings. The van der Waals surface area contributed by atoms with Crippen molar-refractivity contribution in [2.75, 3.05) is 18.5 Å². The molecule has 0 aromatic heterocycles. The third-order valence-corrected chi connectivity index (χ3v) is 2.65. The minimum absolute atomic E-state index is 0.285. The van der Waals surface area contributed by atoms with Gasteiger partial charge in [0.1, 0.15) is 0 Å². The average Bonchev–Trinajstić information content (AvgIpc) is 2.26. The maximum Gasteiger partial charge on any atom is 0.337 e. The monoisotopic (exact) mass is 251 g/mol. The van der Waals surface area contributed by atoms with Crippen LogP contribution in [0.4, 0.5) is 5.69 Å².